The maximum atomic E-state index is 13.8. The van der Waals surface area contributed by atoms with E-state index < -0.39 is 11.7 Å². The largest absolute Gasteiger partial charge is 0.416 e. The summed E-state index contributed by atoms with van der Waals surface area (Å²) in [6.07, 6.45) is -1.82. The van der Waals surface area contributed by atoms with Gasteiger partial charge in [-0.25, -0.2) is 0 Å². The highest BCUT2D eigenvalue weighted by Gasteiger charge is 2.35. The van der Waals surface area contributed by atoms with Crippen molar-refractivity contribution in [2.45, 2.75) is 86.2 Å². The maximum absolute atomic E-state index is 13.8. The highest BCUT2D eigenvalue weighted by Crippen LogP contribution is 2.42. The van der Waals surface area contributed by atoms with Crippen molar-refractivity contribution in [2.24, 2.45) is 5.92 Å². The second kappa shape index (κ2) is 9.55. The minimum absolute atomic E-state index is 0.210. The lowest BCUT2D eigenvalue weighted by molar-refractivity contribution is -0.137. The van der Waals surface area contributed by atoms with Crippen molar-refractivity contribution in [3.63, 3.8) is 0 Å². The minimum atomic E-state index is -4.44. The lowest BCUT2D eigenvalue weighted by Gasteiger charge is -2.32. The molecule has 0 aliphatic rings. The smallest absolute Gasteiger partial charge is 0.278 e. The molecule has 34 heavy (non-hydrogen) atoms. The highest BCUT2D eigenvalue weighted by atomic mass is 19.4. The number of aryl methyl sites for hydroxylation is 4. The average Bonchev–Trinajstić information content (AvgIpc) is 3.13. The summed E-state index contributed by atoms with van der Waals surface area (Å²) < 4.78 is 43.4. The van der Waals surface area contributed by atoms with Gasteiger partial charge in [0.2, 0.25) is 0 Å². The molecule has 1 heterocycles. The number of hydrogen-bond donors (Lipinski definition) is 0. The van der Waals surface area contributed by atoms with Crippen LogP contribution in [0.3, 0.4) is 0 Å². The quantitative estimate of drug-likeness (QED) is 0.348. The van der Waals surface area contributed by atoms with Crippen molar-refractivity contribution in [1.29, 1.82) is 0 Å². The number of hydrogen-bond acceptors (Lipinski definition) is 2. The van der Waals surface area contributed by atoms with E-state index >= 15 is 0 Å². The Morgan fingerprint density at radius 3 is 2.09 bits per heavy atom. The Morgan fingerprint density at radius 1 is 0.941 bits per heavy atom. The van der Waals surface area contributed by atoms with E-state index in [2.05, 4.69) is 56.9 Å². The Labute approximate surface area is 201 Å². The van der Waals surface area contributed by atoms with Crippen LogP contribution in [0.1, 0.15) is 81.1 Å². The molecule has 3 rings (SSSR count). The first-order valence-electron chi connectivity index (χ1n) is 12.0. The summed E-state index contributed by atoms with van der Waals surface area (Å²) in [6.45, 7) is 16.6. The molecular formula is C28H36F3N3. The van der Waals surface area contributed by atoms with Gasteiger partial charge in [-0.05, 0) is 67.3 Å². The van der Waals surface area contributed by atoms with E-state index in [0.717, 1.165) is 46.6 Å². The van der Waals surface area contributed by atoms with Gasteiger partial charge < -0.3 is 0 Å². The Bertz CT molecular complexity index is 1150. The van der Waals surface area contributed by atoms with Crippen LogP contribution >= 0.6 is 0 Å². The second-order valence-electron chi connectivity index (χ2n) is 10.3. The fourth-order valence-corrected chi connectivity index (χ4v) is 4.53. The monoisotopic (exact) mass is 471 g/mol. The third kappa shape index (κ3) is 4.91. The zero-order chi connectivity index (χ0) is 25.4. The van der Waals surface area contributed by atoms with Gasteiger partial charge in [-0.3, -0.25) is 4.57 Å². The fraction of sp³-hybridized carbons (Fsp3) is 0.500. The van der Waals surface area contributed by atoms with E-state index in [1.807, 2.05) is 25.3 Å². The molecule has 0 atom stereocenters. The average molecular weight is 472 g/mol. The SMILES string of the molecule is CCCCc1nnc(-c2cc(C(F)(F)F)ccc2C(C)(C)C(C)C)n1-c1c(C)cc(C)cc1C. The third-order valence-electron chi connectivity index (χ3n) is 7.07. The van der Waals surface area contributed by atoms with Gasteiger partial charge in [0.15, 0.2) is 5.82 Å². The van der Waals surface area contributed by atoms with Gasteiger partial charge in [-0.2, -0.15) is 13.2 Å². The van der Waals surface area contributed by atoms with Crippen LogP contribution < -0.4 is 0 Å². The van der Waals surface area contributed by atoms with E-state index in [9.17, 15) is 13.2 Å². The molecule has 6 heteroatoms. The molecule has 0 N–H and O–H groups in total. The molecular weight excluding hydrogens is 435 g/mol. The number of unbranched alkanes of at least 4 members (excludes halogenated alkanes) is 1. The Kier molecular flexibility index (Phi) is 7.30. The maximum Gasteiger partial charge on any atom is 0.416 e. The van der Waals surface area contributed by atoms with Crippen molar-refractivity contribution in [2.75, 3.05) is 0 Å². The number of aromatic nitrogens is 3. The number of rotatable bonds is 7. The molecule has 0 spiro atoms. The van der Waals surface area contributed by atoms with Gasteiger partial charge in [-0.15, -0.1) is 10.2 Å². The summed E-state index contributed by atoms with van der Waals surface area (Å²) in [5, 5.41) is 9.03. The normalized spacial score (nSPS) is 12.6. The predicted octanol–water partition coefficient (Wildman–Crippen LogP) is 8.15. The molecule has 0 fully saturated rings. The number of benzene rings is 2. The van der Waals surface area contributed by atoms with E-state index in [-0.39, 0.29) is 11.3 Å². The van der Waals surface area contributed by atoms with Gasteiger partial charge in [0, 0.05) is 12.0 Å². The zero-order valence-electron chi connectivity index (χ0n) is 21.6. The molecule has 1 aromatic heterocycles. The minimum Gasteiger partial charge on any atom is -0.278 e. The van der Waals surface area contributed by atoms with Crippen LogP contribution in [0.2, 0.25) is 0 Å². The van der Waals surface area contributed by atoms with Gasteiger partial charge in [0.05, 0.1) is 11.3 Å². The van der Waals surface area contributed by atoms with Crippen molar-refractivity contribution >= 4 is 0 Å². The second-order valence-corrected chi connectivity index (χ2v) is 10.3. The first-order chi connectivity index (χ1) is 15.8. The molecule has 2 aromatic carbocycles. The van der Waals surface area contributed by atoms with Crippen LogP contribution in [-0.2, 0) is 18.0 Å². The Balaban J connectivity index is 2.41. The van der Waals surface area contributed by atoms with E-state index in [0.29, 0.717) is 17.8 Å². The first-order valence-corrected chi connectivity index (χ1v) is 12.0. The summed E-state index contributed by atoms with van der Waals surface area (Å²) in [5.74, 6) is 1.45. The van der Waals surface area contributed by atoms with Crippen molar-refractivity contribution in [1.82, 2.24) is 14.8 Å². The van der Waals surface area contributed by atoms with Crippen LogP contribution in [0.15, 0.2) is 30.3 Å². The van der Waals surface area contributed by atoms with Crippen molar-refractivity contribution in [3.8, 4) is 17.1 Å². The molecule has 3 nitrogen and oxygen atoms in total. The van der Waals surface area contributed by atoms with Crippen molar-refractivity contribution in [3.05, 3.63) is 64.0 Å². The van der Waals surface area contributed by atoms with Crippen molar-refractivity contribution < 1.29 is 13.2 Å². The first kappa shape index (κ1) is 26.0. The van der Waals surface area contributed by atoms with Gasteiger partial charge >= 0.3 is 6.18 Å². The standard InChI is InChI=1S/C28H36F3N3/c1-9-10-11-24-32-33-26(34(24)25-19(5)14-18(4)15-20(25)6)22-16-21(28(29,30)31)12-13-23(22)27(7,8)17(2)3/h12-17H,9-11H2,1-8H3. The Morgan fingerprint density at radius 2 is 1.56 bits per heavy atom. The highest BCUT2D eigenvalue weighted by molar-refractivity contribution is 5.68. The van der Waals surface area contributed by atoms with Crippen LogP contribution in [0.5, 0.6) is 0 Å². The Hall–Kier alpha value is -2.63. The summed E-state index contributed by atoms with van der Waals surface area (Å²) >= 11 is 0. The summed E-state index contributed by atoms with van der Waals surface area (Å²) in [5.41, 5.74) is 4.48. The number of alkyl halides is 3. The molecule has 184 valence electrons. The molecule has 3 aromatic rings. The molecule has 0 unspecified atom stereocenters. The topological polar surface area (TPSA) is 30.7 Å². The van der Waals surface area contributed by atoms with E-state index in [1.165, 1.54) is 12.1 Å². The molecule has 0 radical (unpaired) electrons. The number of halogens is 3. The third-order valence-corrected chi connectivity index (χ3v) is 7.07. The number of nitrogens with zero attached hydrogens (tertiary/aromatic N) is 3. The summed E-state index contributed by atoms with van der Waals surface area (Å²) in [7, 11) is 0. The van der Waals surface area contributed by atoms with Crippen LogP contribution in [0, 0.1) is 26.7 Å². The van der Waals surface area contributed by atoms with Gasteiger partial charge in [0.1, 0.15) is 5.82 Å². The molecule has 0 saturated carbocycles. The molecule has 0 aliphatic heterocycles. The summed E-state index contributed by atoms with van der Waals surface area (Å²) in [4.78, 5) is 0. The molecule has 0 bridgehead atoms. The summed E-state index contributed by atoms with van der Waals surface area (Å²) in [6, 6.07) is 8.26. The fourth-order valence-electron chi connectivity index (χ4n) is 4.53. The lowest BCUT2D eigenvalue weighted by atomic mass is 9.73. The van der Waals surface area contributed by atoms with Gasteiger partial charge in [-0.1, -0.05) is 64.8 Å². The molecule has 0 saturated heterocycles. The van der Waals surface area contributed by atoms with Crippen LogP contribution in [0.25, 0.3) is 17.1 Å². The van der Waals surface area contributed by atoms with Crippen LogP contribution in [-0.4, -0.2) is 14.8 Å². The predicted molar refractivity (Wildman–Crippen MR) is 132 cm³/mol. The lowest BCUT2D eigenvalue weighted by Crippen LogP contribution is -2.26. The molecule has 0 amide bonds. The van der Waals surface area contributed by atoms with E-state index in [1.54, 1.807) is 6.07 Å². The van der Waals surface area contributed by atoms with Gasteiger partial charge in [0.25, 0.3) is 0 Å². The zero-order valence-corrected chi connectivity index (χ0v) is 21.6. The van der Waals surface area contributed by atoms with E-state index in [4.69, 9.17) is 0 Å². The molecule has 0 aliphatic carbocycles. The van der Waals surface area contributed by atoms with Crippen LogP contribution in [0.4, 0.5) is 13.2 Å².